The lowest BCUT2D eigenvalue weighted by Gasteiger charge is -2.27. The molecule has 0 saturated heterocycles. The van der Waals surface area contributed by atoms with Crippen LogP contribution in [-0.4, -0.2) is 0 Å². The first-order valence-corrected chi connectivity index (χ1v) is 37.4. The molecular weight excluding hydrogens is 1290 g/mol. The second-order valence-corrected chi connectivity index (χ2v) is 32.7. The van der Waals surface area contributed by atoms with Crippen molar-refractivity contribution < 1.29 is 17.7 Å². The van der Waals surface area contributed by atoms with Crippen molar-refractivity contribution in [2.45, 2.75) is 104 Å². The number of nitrogens with zero attached hydrogens (tertiary/aromatic N) is 2. The summed E-state index contributed by atoms with van der Waals surface area (Å²) in [6.45, 7) is 23.2. The minimum Gasteiger partial charge on any atom is -0.460 e. The van der Waals surface area contributed by atoms with Crippen LogP contribution in [0.15, 0.2) is 291 Å². The van der Waals surface area contributed by atoms with Gasteiger partial charge in [0.15, 0.2) is 0 Å². The Morgan fingerprint density at radius 2 is 0.726 bits per heavy atom. The van der Waals surface area contributed by atoms with Crippen LogP contribution in [0.1, 0.15) is 120 Å². The SMILES string of the molecule is CC(C)(C)c1ccc(-c2c(N(c3ccc(-c4cc5c(o4)CCC=C5)cc3)c3ccc4c(c3)C(C)(C)c3cc5ccccc5cc3-4)oc3c2ccc2c3ccc3c(-c4ccc(C(C)(C)C)cc4)c(N(c4ccc(-c5cc6ccccc6o5)cc4)c4ccc5c(c4)C(C)(C)c4cc6ccccc6cc4-5)oc32)cc1. The van der Waals surface area contributed by atoms with Gasteiger partial charge in [0.25, 0.3) is 0 Å². The summed E-state index contributed by atoms with van der Waals surface area (Å²) in [5, 5.41) is 9.89. The molecule has 514 valence electrons. The van der Waals surface area contributed by atoms with Gasteiger partial charge in [-0.25, -0.2) is 0 Å². The van der Waals surface area contributed by atoms with Gasteiger partial charge in [-0.05, 0) is 245 Å². The number of anilines is 6. The van der Waals surface area contributed by atoms with E-state index in [1.54, 1.807) is 0 Å². The van der Waals surface area contributed by atoms with Crippen LogP contribution in [0.2, 0.25) is 0 Å². The van der Waals surface area contributed by atoms with Crippen molar-refractivity contribution in [3.8, 4) is 67.2 Å². The Labute approximate surface area is 618 Å². The summed E-state index contributed by atoms with van der Waals surface area (Å²) in [7, 11) is 0. The molecule has 0 spiro atoms. The van der Waals surface area contributed by atoms with Crippen LogP contribution in [0.5, 0.6) is 0 Å². The maximum atomic E-state index is 7.91. The number of rotatable bonds is 10. The second kappa shape index (κ2) is 23.2. The number of para-hydroxylation sites is 1. The van der Waals surface area contributed by atoms with E-state index in [-0.39, 0.29) is 21.7 Å². The van der Waals surface area contributed by atoms with Gasteiger partial charge in [-0.3, -0.25) is 9.80 Å². The zero-order valence-corrected chi connectivity index (χ0v) is 61.5. The number of aryl methyl sites for hydroxylation is 1. The quantitative estimate of drug-likeness (QED) is 0.136. The molecule has 20 rings (SSSR count). The van der Waals surface area contributed by atoms with Gasteiger partial charge in [0, 0.05) is 83.6 Å². The smallest absolute Gasteiger partial charge is 0.213 e. The van der Waals surface area contributed by atoms with E-state index in [4.69, 9.17) is 17.7 Å². The summed E-state index contributed by atoms with van der Waals surface area (Å²) >= 11 is 0. The molecule has 0 radical (unpaired) electrons. The van der Waals surface area contributed by atoms with E-state index in [1.165, 1.54) is 77.2 Å². The molecule has 3 aliphatic rings. The lowest BCUT2D eigenvalue weighted by molar-refractivity contribution is 0.520. The molecule has 4 heterocycles. The molecular formula is C100H80N2O4. The summed E-state index contributed by atoms with van der Waals surface area (Å²) < 4.78 is 28.9. The molecule has 6 heteroatoms. The third-order valence-electron chi connectivity index (χ3n) is 23.4. The standard InChI is InChI=1S/C100H80N2O4/c1-97(2,3)69-35-27-61(28-36-69)91-79-49-47-78-77(93(79)105-95(91)101(71-39-31-59(32-40-71)89-55-67-23-15-17-25-87(67)103-89)73-43-45-75-81-51-63-19-11-13-21-65(63)53-83(81)99(7,8)85(75)57-73)48-50-80-92(62-29-37-70(38-30-62)98(4,5)6)96(106-94(78)80)102(72-41-33-60(34-42-72)90-56-68-24-16-18-26-88(68)104-90)74-44-46-76-82-52-64-20-12-14-22-66(64)54-84(82)100(9,10)86(76)58-74/h11-17,19-25,27-58H,18,26H2,1-10H3. The average molecular weight is 1370 g/mol. The molecule has 0 N–H and O–H groups in total. The third kappa shape index (κ3) is 9.97. The Morgan fingerprint density at radius 1 is 0.330 bits per heavy atom. The van der Waals surface area contributed by atoms with E-state index >= 15 is 0 Å². The monoisotopic (exact) mass is 1370 g/mol. The Kier molecular flexibility index (Phi) is 13.9. The Balaban J connectivity index is 0.818. The van der Waals surface area contributed by atoms with Gasteiger partial charge in [-0.15, -0.1) is 0 Å². The van der Waals surface area contributed by atoms with Crippen molar-refractivity contribution in [2.24, 2.45) is 0 Å². The van der Waals surface area contributed by atoms with Crippen molar-refractivity contribution in [2.75, 3.05) is 9.80 Å². The first kappa shape index (κ1) is 63.6. The van der Waals surface area contributed by atoms with Gasteiger partial charge in [-0.2, -0.15) is 0 Å². The van der Waals surface area contributed by atoms with Gasteiger partial charge in [0.05, 0.1) is 11.1 Å². The lowest BCUT2D eigenvalue weighted by Crippen LogP contribution is -2.16. The highest BCUT2D eigenvalue weighted by Gasteiger charge is 2.40. The summed E-state index contributed by atoms with van der Waals surface area (Å²) in [4.78, 5) is 4.70. The van der Waals surface area contributed by atoms with Crippen molar-refractivity contribution in [3.63, 3.8) is 0 Å². The van der Waals surface area contributed by atoms with Crippen LogP contribution in [0.3, 0.4) is 0 Å². The fourth-order valence-corrected chi connectivity index (χ4v) is 17.5. The van der Waals surface area contributed by atoms with Crippen LogP contribution >= 0.6 is 0 Å². The van der Waals surface area contributed by atoms with Crippen LogP contribution in [0.25, 0.3) is 138 Å². The molecule has 0 bridgehead atoms. The number of allylic oxidation sites excluding steroid dienone is 1. The van der Waals surface area contributed by atoms with Crippen molar-refractivity contribution in [1.29, 1.82) is 0 Å². The van der Waals surface area contributed by atoms with Gasteiger partial charge in [-0.1, -0.05) is 209 Å². The second-order valence-electron chi connectivity index (χ2n) is 32.7. The van der Waals surface area contributed by atoms with Crippen molar-refractivity contribution in [1.82, 2.24) is 0 Å². The fraction of sp³-hybridized carbons (Fsp3) is 0.160. The summed E-state index contributed by atoms with van der Waals surface area (Å²) in [5.41, 5.74) is 25.5. The number of furan rings is 4. The number of hydrogen-bond donors (Lipinski definition) is 0. The maximum absolute atomic E-state index is 7.91. The normalized spacial score (nSPS) is 14.2. The fourth-order valence-electron chi connectivity index (χ4n) is 17.5. The Hall–Kier alpha value is -12.1. The average Bonchev–Trinajstić information content (AvgIpc) is 1.57. The molecule has 106 heavy (non-hydrogen) atoms. The highest BCUT2D eigenvalue weighted by molar-refractivity contribution is 6.21. The molecule has 3 aliphatic carbocycles. The van der Waals surface area contributed by atoms with Crippen LogP contribution in [0.4, 0.5) is 34.5 Å². The molecule has 0 saturated carbocycles. The number of benzene rings is 13. The third-order valence-corrected chi connectivity index (χ3v) is 23.4. The predicted octanol–water partition coefficient (Wildman–Crippen LogP) is 28.8. The van der Waals surface area contributed by atoms with Crippen molar-refractivity contribution in [3.05, 3.63) is 318 Å². The zero-order chi connectivity index (χ0) is 71.9. The van der Waals surface area contributed by atoms with E-state index in [0.29, 0.717) is 11.8 Å². The van der Waals surface area contributed by atoms with Gasteiger partial charge < -0.3 is 17.7 Å². The maximum Gasteiger partial charge on any atom is 0.213 e. The summed E-state index contributed by atoms with van der Waals surface area (Å²) in [6, 6.07) is 98.7. The number of fused-ring (bicyclic) bond motifs is 15. The van der Waals surface area contributed by atoms with Gasteiger partial charge in [0.2, 0.25) is 11.8 Å². The number of hydrogen-bond acceptors (Lipinski definition) is 6. The molecule has 17 aromatic rings. The van der Waals surface area contributed by atoms with E-state index in [9.17, 15) is 0 Å². The summed E-state index contributed by atoms with van der Waals surface area (Å²) in [6.07, 6.45) is 6.30. The molecule has 6 nitrogen and oxygen atoms in total. The van der Waals surface area contributed by atoms with Gasteiger partial charge in [0.1, 0.15) is 34.0 Å². The minimum atomic E-state index is -0.312. The molecule has 0 aliphatic heterocycles. The zero-order valence-electron chi connectivity index (χ0n) is 61.5. The van der Waals surface area contributed by atoms with E-state index in [1.807, 2.05) is 12.1 Å². The highest BCUT2D eigenvalue weighted by atomic mass is 16.4. The van der Waals surface area contributed by atoms with Crippen LogP contribution in [0, 0.1) is 0 Å². The Morgan fingerprint density at radius 3 is 1.17 bits per heavy atom. The summed E-state index contributed by atoms with van der Waals surface area (Å²) in [5.74, 6) is 4.13. The first-order valence-electron chi connectivity index (χ1n) is 37.4. The molecule has 0 fully saturated rings. The van der Waals surface area contributed by atoms with E-state index in [2.05, 4.69) is 346 Å². The van der Waals surface area contributed by atoms with E-state index in [0.717, 1.165) is 135 Å². The van der Waals surface area contributed by atoms with Gasteiger partial charge >= 0.3 is 0 Å². The first-order chi connectivity index (χ1) is 51.3. The molecule has 4 aromatic heterocycles. The van der Waals surface area contributed by atoms with Crippen molar-refractivity contribution >= 4 is 106 Å². The van der Waals surface area contributed by atoms with Crippen LogP contribution < -0.4 is 9.80 Å². The van der Waals surface area contributed by atoms with E-state index < -0.39 is 0 Å². The minimum absolute atomic E-state index is 0.0677. The molecule has 0 unspecified atom stereocenters. The largest absolute Gasteiger partial charge is 0.460 e. The lowest BCUT2D eigenvalue weighted by atomic mass is 9.81. The highest BCUT2D eigenvalue weighted by Crippen LogP contribution is 2.58. The molecule has 13 aromatic carbocycles. The Bertz CT molecular complexity index is 6470. The van der Waals surface area contributed by atoms with Crippen LogP contribution in [-0.2, 0) is 28.1 Å². The predicted molar refractivity (Wildman–Crippen MR) is 442 cm³/mol. The molecule has 0 atom stereocenters. The topological polar surface area (TPSA) is 59.0 Å². The molecule has 0 amide bonds.